The molecule has 2 heterocycles. The lowest BCUT2D eigenvalue weighted by Gasteiger charge is -2.17. The molecule has 2 aliphatic heterocycles. The average Bonchev–Trinajstić information content (AvgIpc) is 3.23. The van der Waals surface area contributed by atoms with E-state index in [1.54, 1.807) is 0 Å². The highest BCUT2D eigenvalue weighted by Gasteiger charge is 2.28. The molecule has 120 valence electrons. The molecule has 0 aromatic heterocycles. The molecule has 2 aromatic rings. The summed E-state index contributed by atoms with van der Waals surface area (Å²) in [5.41, 5.74) is 4.76. The molecule has 1 saturated heterocycles. The van der Waals surface area contributed by atoms with Gasteiger partial charge in [0.2, 0.25) is 0 Å². The molecular formula is C19H21ClN2O. The van der Waals surface area contributed by atoms with Gasteiger partial charge >= 0.3 is 0 Å². The Labute approximate surface area is 143 Å². The summed E-state index contributed by atoms with van der Waals surface area (Å²) in [7, 11) is 0. The second kappa shape index (κ2) is 6.73. The predicted molar refractivity (Wildman–Crippen MR) is 93.9 cm³/mol. The van der Waals surface area contributed by atoms with E-state index >= 15 is 0 Å². The minimum Gasteiger partial charge on any atom is -0.338 e. The molecule has 23 heavy (non-hydrogen) atoms. The number of hydrogen-bond donors (Lipinski definition) is 1. The van der Waals surface area contributed by atoms with Crippen LogP contribution in [0.3, 0.4) is 0 Å². The Morgan fingerprint density at radius 2 is 1.83 bits per heavy atom. The quantitative estimate of drug-likeness (QED) is 0.917. The molecular weight excluding hydrogens is 308 g/mol. The zero-order valence-electron chi connectivity index (χ0n) is 13.0. The van der Waals surface area contributed by atoms with Crippen LogP contribution in [0.15, 0.2) is 48.5 Å². The molecule has 1 atom stereocenters. The normalized spacial score (nSPS) is 19.3. The summed E-state index contributed by atoms with van der Waals surface area (Å²) in [5.74, 6) is 0.648. The minimum atomic E-state index is 0. The monoisotopic (exact) mass is 328 g/mol. The third-order valence-corrected chi connectivity index (χ3v) is 4.83. The second-order valence-corrected chi connectivity index (χ2v) is 6.23. The molecule has 4 rings (SSSR count). The fourth-order valence-corrected chi connectivity index (χ4v) is 3.55. The number of benzene rings is 2. The molecule has 1 amide bonds. The van der Waals surface area contributed by atoms with E-state index in [9.17, 15) is 4.79 Å². The van der Waals surface area contributed by atoms with Crippen LogP contribution in [0.5, 0.6) is 0 Å². The first-order chi connectivity index (χ1) is 10.8. The van der Waals surface area contributed by atoms with Gasteiger partial charge < -0.3 is 10.2 Å². The molecule has 0 saturated carbocycles. The van der Waals surface area contributed by atoms with E-state index in [0.717, 1.165) is 38.2 Å². The van der Waals surface area contributed by atoms with Crippen molar-refractivity contribution in [1.82, 2.24) is 10.2 Å². The number of nitrogens with one attached hydrogen (secondary N) is 1. The van der Waals surface area contributed by atoms with Gasteiger partial charge in [-0.25, -0.2) is 0 Å². The Morgan fingerprint density at radius 1 is 1.04 bits per heavy atom. The molecule has 2 aromatic carbocycles. The van der Waals surface area contributed by atoms with Crippen molar-refractivity contribution in [2.45, 2.75) is 25.4 Å². The third kappa shape index (κ3) is 3.12. The number of nitrogens with zero attached hydrogens (tertiary/aromatic N) is 1. The second-order valence-electron chi connectivity index (χ2n) is 6.23. The van der Waals surface area contributed by atoms with Crippen molar-refractivity contribution in [3.8, 4) is 0 Å². The SMILES string of the molecule is Cl.O=C(c1ccc2c(c1)CNC2)N1CCC(c2ccccc2)C1. The first-order valence-corrected chi connectivity index (χ1v) is 7.98. The number of halogens is 1. The van der Waals surface area contributed by atoms with Gasteiger partial charge in [-0.3, -0.25) is 4.79 Å². The number of carbonyl (C=O) groups is 1. The summed E-state index contributed by atoms with van der Waals surface area (Å²) in [4.78, 5) is 14.7. The van der Waals surface area contributed by atoms with Gasteiger partial charge in [0.05, 0.1) is 0 Å². The first-order valence-electron chi connectivity index (χ1n) is 7.98. The van der Waals surface area contributed by atoms with Crippen LogP contribution in [-0.4, -0.2) is 23.9 Å². The van der Waals surface area contributed by atoms with Crippen LogP contribution in [0, 0.1) is 0 Å². The molecule has 2 aliphatic rings. The van der Waals surface area contributed by atoms with E-state index in [1.165, 1.54) is 16.7 Å². The molecule has 1 N–H and O–H groups in total. The van der Waals surface area contributed by atoms with Gasteiger partial charge in [0.1, 0.15) is 0 Å². The number of rotatable bonds is 2. The molecule has 0 spiro atoms. The maximum Gasteiger partial charge on any atom is 0.253 e. The predicted octanol–water partition coefficient (Wildman–Crippen LogP) is 3.34. The van der Waals surface area contributed by atoms with Crippen molar-refractivity contribution >= 4 is 18.3 Å². The van der Waals surface area contributed by atoms with E-state index in [2.05, 4.69) is 41.7 Å². The van der Waals surface area contributed by atoms with E-state index in [1.807, 2.05) is 17.0 Å². The van der Waals surface area contributed by atoms with E-state index in [-0.39, 0.29) is 18.3 Å². The topological polar surface area (TPSA) is 32.3 Å². The molecule has 0 aliphatic carbocycles. The summed E-state index contributed by atoms with van der Waals surface area (Å²) in [6, 6.07) is 16.7. The minimum absolute atomic E-state index is 0. The van der Waals surface area contributed by atoms with Crippen molar-refractivity contribution < 1.29 is 4.79 Å². The van der Waals surface area contributed by atoms with Crippen LogP contribution in [-0.2, 0) is 13.1 Å². The fraction of sp³-hybridized carbons (Fsp3) is 0.316. The Bertz CT molecular complexity index is 702. The van der Waals surface area contributed by atoms with Crippen molar-refractivity contribution in [2.24, 2.45) is 0 Å². The Kier molecular flexibility index (Phi) is 4.69. The smallest absolute Gasteiger partial charge is 0.253 e. The lowest BCUT2D eigenvalue weighted by atomic mass is 9.99. The van der Waals surface area contributed by atoms with Gasteiger partial charge in [0.25, 0.3) is 5.91 Å². The van der Waals surface area contributed by atoms with E-state index < -0.39 is 0 Å². The maximum atomic E-state index is 12.7. The molecule has 1 unspecified atom stereocenters. The lowest BCUT2D eigenvalue weighted by molar-refractivity contribution is 0.0790. The maximum absolute atomic E-state index is 12.7. The van der Waals surface area contributed by atoms with Crippen molar-refractivity contribution in [2.75, 3.05) is 13.1 Å². The number of fused-ring (bicyclic) bond motifs is 1. The lowest BCUT2D eigenvalue weighted by Crippen LogP contribution is -2.28. The summed E-state index contributed by atoms with van der Waals surface area (Å²) in [5, 5.41) is 3.33. The summed E-state index contributed by atoms with van der Waals surface area (Å²) < 4.78 is 0. The zero-order valence-corrected chi connectivity index (χ0v) is 13.8. The van der Waals surface area contributed by atoms with Crippen LogP contribution in [0.2, 0.25) is 0 Å². The summed E-state index contributed by atoms with van der Waals surface area (Å²) in [6.45, 7) is 3.48. The Morgan fingerprint density at radius 3 is 2.65 bits per heavy atom. The van der Waals surface area contributed by atoms with Crippen LogP contribution in [0.25, 0.3) is 0 Å². The van der Waals surface area contributed by atoms with Crippen LogP contribution in [0.4, 0.5) is 0 Å². The largest absolute Gasteiger partial charge is 0.338 e. The van der Waals surface area contributed by atoms with Crippen molar-refractivity contribution in [3.05, 3.63) is 70.8 Å². The highest BCUT2D eigenvalue weighted by Crippen LogP contribution is 2.28. The molecule has 3 nitrogen and oxygen atoms in total. The van der Waals surface area contributed by atoms with Gasteiger partial charge in [-0.15, -0.1) is 12.4 Å². The van der Waals surface area contributed by atoms with Crippen molar-refractivity contribution in [1.29, 1.82) is 0 Å². The number of likely N-dealkylation sites (tertiary alicyclic amines) is 1. The van der Waals surface area contributed by atoms with E-state index in [0.29, 0.717) is 5.92 Å². The first kappa shape index (κ1) is 16.0. The van der Waals surface area contributed by atoms with Crippen LogP contribution < -0.4 is 5.32 Å². The van der Waals surface area contributed by atoms with Crippen LogP contribution >= 0.6 is 12.4 Å². The van der Waals surface area contributed by atoms with E-state index in [4.69, 9.17) is 0 Å². The average molecular weight is 329 g/mol. The molecule has 0 bridgehead atoms. The molecule has 0 radical (unpaired) electrons. The van der Waals surface area contributed by atoms with Gasteiger partial charge in [0.15, 0.2) is 0 Å². The Balaban J connectivity index is 0.00000156. The molecule has 4 heteroatoms. The third-order valence-electron chi connectivity index (χ3n) is 4.83. The fourth-order valence-electron chi connectivity index (χ4n) is 3.55. The van der Waals surface area contributed by atoms with Gasteiger partial charge in [-0.1, -0.05) is 36.4 Å². The van der Waals surface area contributed by atoms with Gasteiger partial charge in [-0.05, 0) is 35.2 Å². The number of carbonyl (C=O) groups excluding carboxylic acids is 1. The molecule has 1 fully saturated rings. The highest BCUT2D eigenvalue weighted by atomic mass is 35.5. The highest BCUT2D eigenvalue weighted by molar-refractivity contribution is 5.94. The van der Waals surface area contributed by atoms with Gasteiger partial charge in [0, 0.05) is 37.7 Å². The Hall–Kier alpha value is -1.84. The zero-order chi connectivity index (χ0) is 14.9. The number of amides is 1. The summed E-state index contributed by atoms with van der Waals surface area (Å²) in [6.07, 6.45) is 1.06. The summed E-state index contributed by atoms with van der Waals surface area (Å²) >= 11 is 0. The standard InChI is InChI=1S/C19H20N2O.ClH/c22-19(15-6-7-16-11-20-12-18(16)10-15)21-9-8-17(13-21)14-4-2-1-3-5-14;/h1-7,10,17,20H,8-9,11-13H2;1H. The number of hydrogen-bond acceptors (Lipinski definition) is 2. The van der Waals surface area contributed by atoms with Crippen LogP contribution in [0.1, 0.15) is 39.4 Å². The van der Waals surface area contributed by atoms with Crippen molar-refractivity contribution in [3.63, 3.8) is 0 Å². The van der Waals surface area contributed by atoms with Gasteiger partial charge in [-0.2, -0.15) is 0 Å².